The molecule has 0 aromatic heterocycles. The summed E-state index contributed by atoms with van der Waals surface area (Å²) in [7, 11) is 0. The molecule has 1 atom stereocenters. The van der Waals surface area contributed by atoms with Crippen molar-refractivity contribution in [1.29, 1.82) is 5.26 Å². The van der Waals surface area contributed by atoms with Gasteiger partial charge in [-0.15, -0.1) is 0 Å². The zero-order valence-corrected chi connectivity index (χ0v) is 11.5. The Bertz CT molecular complexity index is 499. The van der Waals surface area contributed by atoms with Crippen molar-refractivity contribution in [2.75, 3.05) is 18.0 Å². The van der Waals surface area contributed by atoms with Gasteiger partial charge in [-0.25, -0.2) is 0 Å². The van der Waals surface area contributed by atoms with Gasteiger partial charge >= 0.3 is 0 Å². The monoisotopic (exact) mass is 255 g/mol. The van der Waals surface area contributed by atoms with Crippen LogP contribution in [0, 0.1) is 17.2 Å². The van der Waals surface area contributed by atoms with Gasteiger partial charge in [-0.3, -0.25) is 0 Å². The van der Waals surface area contributed by atoms with Gasteiger partial charge in [-0.2, -0.15) is 5.26 Å². The van der Waals surface area contributed by atoms with Crippen LogP contribution in [-0.4, -0.2) is 19.1 Å². The van der Waals surface area contributed by atoms with E-state index in [1.165, 1.54) is 24.8 Å². The number of rotatable bonds is 4. The van der Waals surface area contributed by atoms with Crippen molar-refractivity contribution in [1.82, 2.24) is 5.32 Å². The second-order valence-electron chi connectivity index (χ2n) is 5.96. The summed E-state index contributed by atoms with van der Waals surface area (Å²) in [6.45, 7) is 5.32. The predicted molar refractivity (Wildman–Crippen MR) is 77.0 cm³/mol. The van der Waals surface area contributed by atoms with Crippen LogP contribution in [0.2, 0.25) is 0 Å². The van der Waals surface area contributed by atoms with Crippen LogP contribution < -0.4 is 10.2 Å². The minimum Gasteiger partial charge on any atom is -0.370 e. The number of benzene rings is 1. The summed E-state index contributed by atoms with van der Waals surface area (Å²) in [4.78, 5) is 2.35. The van der Waals surface area contributed by atoms with Gasteiger partial charge in [0.05, 0.1) is 11.3 Å². The second-order valence-corrected chi connectivity index (χ2v) is 5.96. The van der Waals surface area contributed by atoms with E-state index in [0.717, 1.165) is 36.8 Å². The molecular weight excluding hydrogens is 234 g/mol. The smallest absolute Gasteiger partial charge is 0.101 e. The van der Waals surface area contributed by atoms with Gasteiger partial charge in [0.2, 0.25) is 0 Å². The Labute approximate surface area is 115 Å². The molecule has 0 spiro atoms. The molecular formula is C16H21N3. The first kappa shape index (κ1) is 12.5. The number of nitrogens with one attached hydrogen (secondary N) is 1. The highest BCUT2D eigenvalue weighted by Crippen LogP contribution is 2.27. The average molecular weight is 255 g/mol. The second kappa shape index (κ2) is 5.22. The zero-order valence-electron chi connectivity index (χ0n) is 11.5. The molecule has 2 aliphatic rings. The number of hydrogen-bond donors (Lipinski definition) is 1. The molecule has 1 aliphatic heterocycles. The first-order valence-corrected chi connectivity index (χ1v) is 7.27. The maximum Gasteiger partial charge on any atom is 0.101 e. The molecule has 2 fully saturated rings. The molecule has 100 valence electrons. The van der Waals surface area contributed by atoms with E-state index in [9.17, 15) is 5.26 Å². The lowest BCUT2D eigenvalue weighted by molar-refractivity contribution is 0.659. The molecule has 1 aromatic carbocycles. The van der Waals surface area contributed by atoms with E-state index in [-0.39, 0.29) is 0 Å². The summed E-state index contributed by atoms with van der Waals surface area (Å²) in [5.74, 6) is 0.739. The van der Waals surface area contributed by atoms with Gasteiger partial charge in [0.25, 0.3) is 0 Å². The summed E-state index contributed by atoms with van der Waals surface area (Å²) < 4.78 is 0. The highest BCUT2D eigenvalue weighted by Gasteiger charge is 2.22. The number of hydrogen-bond acceptors (Lipinski definition) is 3. The minimum atomic E-state index is 0.713. The Balaban J connectivity index is 1.75. The van der Waals surface area contributed by atoms with Crippen LogP contribution in [0.3, 0.4) is 0 Å². The summed E-state index contributed by atoms with van der Waals surface area (Å²) >= 11 is 0. The van der Waals surface area contributed by atoms with Gasteiger partial charge in [-0.05, 0) is 42.9 Å². The summed E-state index contributed by atoms with van der Waals surface area (Å²) in [6, 6.07) is 9.41. The number of anilines is 1. The third kappa shape index (κ3) is 2.90. The van der Waals surface area contributed by atoms with Crippen molar-refractivity contribution < 1.29 is 0 Å². The Morgan fingerprint density at radius 3 is 2.84 bits per heavy atom. The van der Waals surface area contributed by atoms with Crippen LogP contribution in [0.25, 0.3) is 0 Å². The van der Waals surface area contributed by atoms with Crippen molar-refractivity contribution in [2.45, 2.75) is 38.8 Å². The van der Waals surface area contributed by atoms with E-state index >= 15 is 0 Å². The molecule has 3 nitrogen and oxygen atoms in total. The molecule has 3 heteroatoms. The lowest BCUT2D eigenvalue weighted by Gasteiger charge is -2.20. The molecule has 1 saturated heterocycles. The Hall–Kier alpha value is -1.53. The van der Waals surface area contributed by atoms with E-state index in [1.54, 1.807) is 0 Å². The van der Waals surface area contributed by atoms with E-state index < -0.39 is 0 Å². The molecule has 1 aliphatic carbocycles. The fraction of sp³-hybridized carbons (Fsp3) is 0.562. The van der Waals surface area contributed by atoms with E-state index in [1.807, 2.05) is 6.07 Å². The van der Waals surface area contributed by atoms with Crippen LogP contribution in [-0.2, 0) is 6.54 Å². The topological polar surface area (TPSA) is 39.1 Å². The van der Waals surface area contributed by atoms with Crippen LogP contribution in [0.5, 0.6) is 0 Å². The third-order valence-electron chi connectivity index (χ3n) is 4.12. The van der Waals surface area contributed by atoms with Crippen molar-refractivity contribution in [3.8, 4) is 6.07 Å². The maximum absolute atomic E-state index is 9.36. The van der Waals surface area contributed by atoms with Crippen molar-refractivity contribution in [3.63, 3.8) is 0 Å². The maximum atomic E-state index is 9.36. The van der Waals surface area contributed by atoms with Gasteiger partial charge < -0.3 is 10.2 Å². The molecule has 1 saturated carbocycles. The molecule has 1 N–H and O–H groups in total. The first-order valence-electron chi connectivity index (χ1n) is 7.27. The number of nitrogens with zero attached hydrogens (tertiary/aromatic N) is 2. The van der Waals surface area contributed by atoms with Gasteiger partial charge in [-0.1, -0.05) is 13.0 Å². The summed E-state index contributed by atoms with van der Waals surface area (Å²) in [5.41, 5.74) is 3.16. The lowest BCUT2D eigenvalue weighted by Crippen LogP contribution is -2.20. The molecule has 1 aromatic rings. The SMILES string of the molecule is CC1CCN(c2ccc(CNC3CC3)cc2C#N)C1. The molecule has 3 rings (SSSR count). The third-order valence-corrected chi connectivity index (χ3v) is 4.12. The average Bonchev–Trinajstić information content (AvgIpc) is 3.17. The summed E-state index contributed by atoms with van der Waals surface area (Å²) in [6.07, 6.45) is 3.83. The van der Waals surface area contributed by atoms with E-state index in [0.29, 0.717) is 6.04 Å². The summed E-state index contributed by atoms with van der Waals surface area (Å²) in [5, 5.41) is 12.9. The molecule has 0 radical (unpaired) electrons. The number of nitriles is 1. The largest absolute Gasteiger partial charge is 0.370 e. The molecule has 1 heterocycles. The highest BCUT2D eigenvalue weighted by molar-refractivity contribution is 5.61. The molecule has 19 heavy (non-hydrogen) atoms. The van der Waals surface area contributed by atoms with Gasteiger partial charge in [0.1, 0.15) is 6.07 Å². The fourth-order valence-corrected chi connectivity index (χ4v) is 2.76. The highest BCUT2D eigenvalue weighted by atomic mass is 15.1. The van der Waals surface area contributed by atoms with Crippen molar-refractivity contribution >= 4 is 5.69 Å². The van der Waals surface area contributed by atoms with E-state index in [2.05, 4.69) is 35.3 Å². The van der Waals surface area contributed by atoms with E-state index in [4.69, 9.17) is 0 Å². The van der Waals surface area contributed by atoms with Crippen LogP contribution in [0.15, 0.2) is 18.2 Å². The first-order chi connectivity index (χ1) is 9.26. The molecule has 0 bridgehead atoms. The fourth-order valence-electron chi connectivity index (χ4n) is 2.76. The van der Waals surface area contributed by atoms with Crippen molar-refractivity contribution in [3.05, 3.63) is 29.3 Å². The molecule has 1 unspecified atom stereocenters. The van der Waals surface area contributed by atoms with Crippen molar-refractivity contribution in [2.24, 2.45) is 5.92 Å². The molecule has 0 amide bonds. The van der Waals surface area contributed by atoms with Crippen LogP contribution in [0.1, 0.15) is 37.3 Å². The normalized spacial score (nSPS) is 22.5. The standard InChI is InChI=1S/C16H21N3/c1-12-6-7-19(11-12)16-5-2-13(8-14(16)9-17)10-18-15-3-4-15/h2,5,8,12,15,18H,3-4,6-7,10-11H2,1H3. The minimum absolute atomic E-state index is 0.713. The predicted octanol–water partition coefficient (Wildman–Crippen LogP) is 2.66. The van der Waals surface area contributed by atoms with Gasteiger partial charge in [0, 0.05) is 25.7 Å². The lowest BCUT2D eigenvalue weighted by atomic mass is 10.1. The zero-order chi connectivity index (χ0) is 13.2. The van der Waals surface area contributed by atoms with Crippen LogP contribution >= 0.6 is 0 Å². The Morgan fingerprint density at radius 2 is 2.21 bits per heavy atom. The quantitative estimate of drug-likeness (QED) is 0.899. The Morgan fingerprint density at radius 1 is 1.37 bits per heavy atom. The van der Waals surface area contributed by atoms with Gasteiger partial charge in [0.15, 0.2) is 0 Å². The van der Waals surface area contributed by atoms with Crippen LogP contribution in [0.4, 0.5) is 5.69 Å². The Kier molecular flexibility index (Phi) is 3.44.